The van der Waals surface area contributed by atoms with E-state index in [0.29, 0.717) is 17.1 Å². The molecule has 7 heteroatoms. The van der Waals surface area contributed by atoms with Gasteiger partial charge in [-0.2, -0.15) is 4.80 Å². The van der Waals surface area contributed by atoms with E-state index >= 15 is 0 Å². The van der Waals surface area contributed by atoms with Crippen molar-refractivity contribution < 1.29 is 9.59 Å². The molecule has 19 heavy (non-hydrogen) atoms. The van der Waals surface area contributed by atoms with Gasteiger partial charge in [0.05, 0.1) is 24.8 Å². The Kier molecular flexibility index (Phi) is 2.41. The summed E-state index contributed by atoms with van der Waals surface area (Å²) in [5.41, 5.74) is 1.99. The maximum Gasteiger partial charge on any atom is 0.299 e. The Morgan fingerprint density at radius 3 is 2.74 bits per heavy atom. The van der Waals surface area contributed by atoms with Crippen molar-refractivity contribution in [2.45, 2.75) is 13.5 Å². The maximum atomic E-state index is 12.0. The van der Waals surface area contributed by atoms with Gasteiger partial charge in [0.25, 0.3) is 11.7 Å². The summed E-state index contributed by atoms with van der Waals surface area (Å²) in [5.74, 6) is -0.632. The van der Waals surface area contributed by atoms with E-state index in [9.17, 15) is 9.59 Å². The lowest BCUT2D eigenvalue weighted by atomic mass is 10.1. The normalized spacial score (nSPS) is 14.1. The number of anilines is 1. The second-order valence-electron chi connectivity index (χ2n) is 4.44. The number of amides is 1. The third-order valence-electron chi connectivity index (χ3n) is 2.98. The zero-order valence-electron chi connectivity index (χ0n) is 10.5. The number of tetrazole rings is 1. The van der Waals surface area contributed by atoms with Gasteiger partial charge in [-0.3, -0.25) is 14.5 Å². The average molecular weight is 257 g/mol. The van der Waals surface area contributed by atoms with Crippen LogP contribution in [0.25, 0.3) is 0 Å². The molecule has 0 bridgehead atoms. The Labute approximate surface area is 108 Å². The van der Waals surface area contributed by atoms with E-state index in [0.717, 1.165) is 5.56 Å². The van der Waals surface area contributed by atoms with Crippen LogP contribution in [0, 0.1) is 6.92 Å². The molecule has 1 amide bonds. The van der Waals surface area contributed by atoms with Crippen LogP contribution in [0.2, 0.25) is 0 Å². The van der Waals surface area contributed by atoms with Crippen molar-refractivity contribution in [3.63, 3.8) is 0 Å². The van der Waals surface area contributed by atoms with Crippen LogP contribution in [0.5, 0.6) is 0 Å². The van der Waals surface area contributed by atoms with E-state index in [-0.39, 0.29) is 6.54 Å². The average Bonchev–Trinajstić information content (AvgIpc) is 2.88. The first-order chi connectivity index (χ1) is 9.06. The first kappa shape index (κ1) is 11.5. The topological polar surface area (TPSA) is 81.0 Å². The number of hydrogen-bond acceptors (Lipinski definition) is 5. The highest BCUT2D eigenvalue weighted by Gasteiger charge is 2.36. The van der Waals surface area contributed by atoms with E-state index < -0.39 is 11.7 Å². The number of rotatable bonds is 2. The minimum absolute atomic E-state index is 0.147. The standard InChI is InChI=1S/C12H11N5O2/c1-7-3-4-9-8(5-7)11(18)12(19)17(9)6-10-13-15-16(2)14-10/h3-5H,6H2,1-2H3. The fourth-order valence-electron chi connectivity index (χ4n) is 2.10. The van der Waals surface area contributed by atoms with Gasteiger partial charge in [-0.15, -0.1) is 10.2 Å². The van der Waals surface area contributed by atoms with Crippen molar-refractivity contribution in [2.75, 3.05) is 4.90 Å². The molecule has 2 aromatic rings. The van der Waals surface area contributed by atoms with Crippen molar-refractivity contribution in [3.05, 3.63) is 35.2 Å². The number of carbonyl (C=O) groups excluding carboxylic acids is 2. The molecule has 0 fully saturated rings. The highest BCUT2D eigenvalue weighted by atomic mass is 16.2. The zero-order chi connectivity index (χ0) is 13.6. The lowest BCUT2D eigenvalue weighted by Crippen LogP contribution is -2.29. The third kappa shape index (κ3) is 1.79. The molecule has 0 saturated carbocycles. The van der Waals surface area contributed by atoms with Crippen LogP contribution < -0.4 is 4.90 Å². The molecular weight excluding hydrogens is 246 g/mol. The number of Topliss-reactive ketones (excluding diaryl/α,β-unsaturated/α-hetero) is 1. The van der Waals surface area contributed by atoms with Crippen LogP contribution >= 0.6 is 0 Å². The molecule has 1 aliphatic heterocycles. The molecule has 0 atom stereocenters. The summed E-state index contributed by atoms with van der Waals surface area (Å²) in [6.07, 6.45) is 0. The second kappa shape index (κ2) is 3.98. The summed E-state index contributed by atoms with van der Waals surface area (Å²) in [6, 6.07) is 5.35. The number of aromatic nitrogens is 4. The van der Waals surface area contributed by atoms with Crippen LogP contribution in [0.1, 0.15) is 21.7 Å². The van der Waals surface area contributed by atoms with E-state index in [2.05, 4.69) is 15.4 Å². The van der Waals surface area contributed by atoms with Crippen LogP contribution in [0.15, 0.2) is 18.2 Å². The SMILES string of the molecule is Cc1ccc2c(c1)C(=O)C(=O)N2Cc1nnn(C)n1. The summed E-state index contributed by atoms with van der Waals surface area (Å²) < 4.78 is 0. The van der Waals surface area contributed by atoms with Crippen molar-refractivity contribution >= 4 is 17.4 Å². The fourth-order valence-corrected chi connectivity index (χ4v) is 2.10. The van der Waals surface area contributed by atoms with Gasteiger partial charge in [0.2, 0.25) is 0 Å². The zero-order valence-corrected chi connectivity index (χ0v) is 10.5. The van der Waals surface area contributed by atoms with Crippen LogP contribution in [-0.4, -0.2) is 31.9 Å². The largest absolute Gasteiger partial charge is 0.299 e. The lowest BCUT2D eigenvalue weighted by Gasteiger charge is -2.13. The summed E-state index contributed by atoms with van der Waals surface area (Å²) in [4.78, 5) is 26.6. The number of carbonyl (C=O) groups is 2. The Morgan fingerprint density at radius 1 is 1.26 bits per heavy atom. The molecule has 1 aromatic heterocycles. The third-order valence-corrected chi connectivity index (χ3v) is 2.98. The van der Waals surface area contributed by atoms with Gasteiger partial charge in [0, 0.05) is 0 Å². The number of ketones is 1. The molecule has 0 radical (unpaired) electrons. The quantitative estimate of drug-likeness (QED) is 0.720. The van der Waals surface area contributed by atoms with E-state index in [1.807, 2.05) is 13.0 Å². The summed E-state index contributed by atoms with van der Waals surface area (Å²) in [5, 5.41) is 11.5. The van der Waals surface area contributed by atoms with E-state index in [1.54, 1.807) is 19.2 Å². The monoisotopic (exact) mass is 257 g/mol. The molecule has 0 unspecified atom stereocenters. The summed E-state index contributed by atoms with van der Waals surface area (Å²) >= 11 is 0. The minimum atomic E-state index is -0.548. The molecule has 3 rings (SSSR count). The van der Waals surface area contributed by atoms with Crippen molar-refractivity contribution in [2.24, 2.45) is 7.05 Å². The molecule has 0 aliphatic carbocycles. The molecule has 1 aromatic carbocycles. The molecular formula is C12H11N5O2. The van der Waals surface area contributed by atoms with Gasteiger partial charge in [0.15, 0.2) is 5.82 Å². The smallest absolute Gasteiger partial charge is 0.297 e. The number of benzene rings is 1. The lowest BCUT2D eigenvalue weighted by molar-refractivity contribution is -0.114. The van der Waals surface area contributed by atoms with Crippen molar-refractivity contribution in [1.82, 2.24) is 20.2 Å². The highest BCUT2D eigenvalue weighted by Crippen LogP contribution is 2.30. The molecule has 0 saturated heterocycles. The predicted molar refractivity (Wildman–Crippen MR) is 65.5 cm³/mol. The fraction of sp³-hybridized carbons (Fsp3) is 0.250. The Bertz CT molecular complexity index is 691. The van der Waals surface area contributed by atoms with Gasteiger partial charge in [-0.1, -0.05) is 11.6 Å². The first-order valence-corrected chi connectivity index (χ1v) is 5.76. The Hall–Kier alpha value is -2.57. The van der Waals surface area contributed by atoms with Gasteiger partial charge in [0.1, 0.15) is 0 Å². The molecule has 0 spiro atoms. The van der Waals surface area contributed by atoms with E-state index in [1.165, 1.54) is 9.70 Å². The van der Waals surface area contributed by atoms with Gasteiger partial charge < -0.3 is 0 Å². The summed E-state index contributed by atoms with van der Waals surface area (Å²) in [6.45, 7) is 2.03. The van der Waals surface area contributed by atoms with Crippen molar-refractivity contribution in [3.8, 4) is 0 Å². The number of aryl methyl sites for hydroxylation is 2. The molecule has 1 aliphatic rings. The molecule has 96 valence electrons. The predicted octanol–water partition coefficient (Wildman–Crippen LogP) is 0.248. The number of hydrogen-bond donors (Lipinski definition) is 0. The van der Waals surface area contributed by atoms with Gasteiger partial charge in [-0.25, -0.2) is 0 Å². The molecule has 7 nitrogen and oxygen atoms in total. The summed E-state index contributed by atoms with van der Waals surface area (Å²) in [7, 11) is 1.64. The molecule has 2 heterocycles. The van der Waals surface area contributed by atoms with E-state index in [4.69, 9.17) is 0 Å². The Balaban J connectivity index is 1.99. The van der Waals surface area contributed by atoms with Crippen LogP contribution in [-0.2, 0) is 18.4 Å². The van der Waals surface area contributed by atoms with Gasteiger partial charge >= 0.3 is 0 Å². The van der Waals surface area contributed by atoms with Crippen LogP contribution in [0.3, 0.4) is 0 Å². The highest BCUT2D eigenvalue weighted by molar-refractivity contribution is 6.52. The first-order valence-electron chi connectivity index (χ1n) is 5.76. The number of fused-ring (bicyclic) bond motifs is 1. The van der Waals surface area contributed by atoms with Crippen LogP contribution in [0.4, 0.5) is 5.69 Å². The minimum Gasteiger partial charge on any atom is -0.297 e. The number of nitrogens with zero attached hydrogens (tertiary/aromatic N) is 5. The maximum absolute atomic E-state index is 12.0. The second-order valence-corrected chi connectivity index (χ2v) is 4.44. The van der Waals surface area contributed by atoms with Crippen molar-refractivity contribution in [1.29, 1.82) is 0 Å². The Morgan fingerprint density at radius 2 is 2.05 bits per heavy atom. The molecule has 0 N–H and O–H groups in total. The van der Waals surface area contributed by atoms with Gasteiger partial charge in [-0.05, 0) is 24.3 Å².